The zero-order valence-electron chi connectivity index (χ0n) is 9.69. The molecule has 0 aromatic carbocycles. The number of hydrogen-bond donors (Lipinski definition) is 0. The molecule has 0 unspecified atom stereocenters. The summed E-state index contributed by atoms with van der Waals surface area (Å²) in [5.74, 6) is 0. The molecule has 3 heteroatoms. The van der Waals surface area contributed by atoms with Gasteiger partial charge in [0.15, 0.2) is 0 Å². The lowest BCUT2D eigenvalue weighted by Crippen LogP contribution is -1.72. The summed E-state index contributed by atoms with van der Waals surface area (Å²) in [6.45, 7) is 4.40. The highest BCUT2D eigenvalue weighted by molar-refractivity contribution is 7.26. The zero-order valence-corrected chi connectivity index (χ0v) is 12.1. The molecule has 86 valence electrons. The molecule has 0 aliphatic carbocycles. The van der Waals surface area contributed by atoms with Crippen LogP contribution in [0.15, 0.2) is 35.0 Å². The fraction of sp³-hybridized carbons (Fsp3) is 0.143. The van der Waals surface area contributed by atoms with E-state index in [1.807, 2.05) is 34.0 Å². The Balaban J connectivity index is 2.11. The van der Waals surface area contributed by atoms with Gasteiger partial charge in [0.25, 0.3) is 0 Å². The van der Waals surface area contributed by atoms with Crippen molar-refractivity contribution in [2.24, 2.45) is 0 Å². The van der Waals surface area contributed by atoms with Gasteiger partial charge in [-0.05, 0) is 53.9 Å². The maximum Gasteiger partial charge on any atom is 0.0481 e. The standard InChI is InChI=1S/C14H12S3/c1-9-5-7-16-13(9)14-10(2)8-12(17-14)11-4-3-6-15-11/h3-8H,1-2H3. The lowest BCUT2D eigenvalue weighted by Gasteiger charge is -1.96. The third kappa shape index (κ3) is 1.99. The monoisotopic (exact) mass is 276 g/mol. The molecule has 0 fully saturated rings. The molecule has 3 aromatic heterocycles. The first-order valence-electron chi connectivity index (χ1n) is 5.44. The average molecular weight is 276 g/mol. The van der Waals surface area contributed by atoms with Crippen LogP contribution in [-0.4, -0.2) is 0 Å². The summed E-state index contributed by atoms with van der Waals surface area (Å²) in [7, 11) is 0. The van der Waals surface area contributed by atoms with E-state index in [4.69, 9.17) is 0 Å². The van der Waals surface area contributed by atoms with Crippen molar-refractivity contribution in [3.05, 3.63) is 46.2 Å². The fourth-order valence-corrected chi connectivity index (χ4v) is 5.06. The molecule has 0 radical (unpaired) electrons. The molecule has 0 aliphatic rings. The Morgan fingerprint density at radius 1 is 0.824 bits per heavy atom. The van der Waals surface area contributed by atoms with Crippen LogP contribution in [0, 0.1) is 13.8 Å². The Kier molecular flexibility index (Phi) is 2.90. The predicted octanol–water partition coefficient (Wildman–Crippen LogP) is 5.82. The minimum Gasteiger partial charge on any atom is -0.143 e. The first-order chi connectivity index (χ1) is 8.25. The van der Waals surface area contributed by atoms with Crippen molar-refractivity contribution in [1.29, 1.82) is 0 Å². The van der Waals surface area contributed by atoms with E-state index in [1.165, 1.54) is 30.6 Å². The van der Waals surface area contributed by atoms with Crippen molar-refractivity contribution in [3.8, 4) is 19.5 Å². The van der Waals surface area contributed by atoms with Gasteiger partial charge in [-0.2, -0.15) is 0 Å². The Morgan fingerprint density at radius 3 is 2.35 bits per heavy atom. The molecule has 0 aliphatic heterocycles. The van der Waals surface area contributed by atoms with Crippen LogP contribution >= 0.6 is 34.0 Å². The second kappa shape index (κ2) is 4.41. The maximum atomic E-state index is 2.31. The van der Waals surface area contributed by atoms with Gasteiger partial charge in [-0.3, -0.25) is 0 Å². The molecule has 3 heterocycles. The van der Waals surface area contributed by atoms with Crippen LogP contribution in [0.5, 0.6) is 0 Å². The van der Waals surface area contributed by atoms with Crippen LogP contribution in [0.2, 0.25) is 0 Å². The van der Waals surface area contributed by atoms with Gasteiger partial charge in [-0.15, -0.1) is 34.0 Å². The molecule has 0 N–H and O–H groups in total. The van der Waals surface area contributed by atoms with Crippen molar-refractivity contribution in [2.75, 3.05) is 0 Å². The van der Waals surface area contributed by atoms with Gasteiger partial charge in [-0.1, -0.05) is 6.07 Å². The quantitative estimate of drug-likeness (QED) is 0.553. The first kappa shape index (κ1) is 11.2. The molecule has 0 amide bonds. The smallest absolute Gasteiger partial charge is 0.0481 e. The van der Waals surface area contributed by atoms with Crippen LogP contribution in [-0.2, 0) is 0 Å². The molecule has 0 bridgehead atoms. The minimum atomic E-state index is 1.37. The minimum absolute atomic E-state index is 1.37. The molecule has 17 heavy (non-hydrogen) atoms. The summed E-state index contributed by atoms with van der Waals surface area (Å²) < 4.78 is 0. The highest BCUT2D eigenvalue weighted by atomic mass is 32.1. The summed E-state index contributed by atoms with van der Waals surface area (Å²) in [5, 5.41) is 4.31. The maximum absolute atomic E-state index is 2.31. The van der Waals surface area contributed by atoms with E-state index in [2.05, 4.69) is 48.9 Å². The molecule has 0 nitrogen and oxygen atoms in total. The molecule has 3 aromatic rings. The Labute approximate surface area is 113 Å². The summed E-state index contributed by atoms with van der Waals surface area (Å²) >= 11 is 5.56. The molecule has 0 saturated heterocycles. The van der Waals surface area contributed by atoms with E-state index < -0.39 is 0 Å². The van der Waals surface area contributed by atoms with Crippen molar-refractivity contribution < 1.29 is 0 Å². The van der Waals surface area contributed by atoms with Gasteiger partial charge in [0.1, 0.15) is 0 Å². The molecule has 0 saturated carbocycles. The largest absolute Gasteiger partial charge is 0.143 e. The van der Waals surface area contributed by atoms with E-state index in [0.29, 0.717) is 0 Å². The van der Waals surface area contributed by atoms with Crippen molar-refractivity contribution in [3.63, 3.8) is 0 Å². The zero-order chi connectivity index (χ0) is 11.8. The van der Waals surface area contributed by atoms with E-state index in [9.17, 15) is 0 Å². The molecule has 0 spiro atoms. The van der Waals surface area contributed by atoms with Crippen molar-refractivity contribution in [1.82, 2.24) is 0 Å². The van der Waals surface area contributed by atoms with E-state index in [1.54, 1.807) is 0 Å². The average Bonchev–Trinajstić information content (AvgIpc) is 2.98. The van der Waals surface area contributed by atoms with Crippen LogP contribution in [0.3, 0.4) is 0 Å². The second-order valence-corrected chi connectivity index (χ2v) is 6.95. The van der Waals surface area contributed by atoms with Gasteiger partial charge < -0.3 is 0 Å². The molecule has 3 rings (SSSR count). The van der Waals surface area contributed by atoms with E-state index in [0.717, 1.165) is 0 Å². The molecular formula is C14H12S3. The summed E-state index contributed by atoms with van der Waals surface area (Å²) in [6.07, 6.45) is 0. The normalized spacial score (nSPS) is 10.9. The topological polar surface area (TPSA) is 0 Å². The van der Waals surface area contributed by atoms with Gasteiger partial charge >= 0.3 is 0 Å². The SMILES string of the molecule is Cc1ccsc1-c1sc(-c2cccs2)cc1C. The number of rotatable bonds is 2. The van der Waals surface area contributed by atoms with Crippen LogP contribution < -0.4 is 0 Å². The Hall–Kier alpha value is -0.900. The number of hydrogen-bond acceptors (Lipinski definition) is 3. The van der Waals surface area contributed by atoms with Crippen LogP contribution in [0.25, 0.3) is 19.5 Å². The van der Waals surface area contributed by atoms with Crippen LogP contribution in [0.4, 0.5) is 0 Å². The van der Waals surface area contributed by atoms with Gasteiger partial charge in [-0.25, -0.2) is 0 Å². The molecular weight excluding hydrogens is 264 g/mol. The summed E-state index contributed by atoms with van der Waals surface area (Å²) in [5.41, 5.74) is 2.78. The van der Waals surface area contributed by atoms with E-state index >= 15 is 0 Å². The van der Waals surface area contributed by atoms with Crippen molar-refractivity contribution >= 4 is 34.0 Å². The highest BCUT2D eigenvalue weighted by Crippen LogP contribution is 2.42. The summed E-state index contributed by atoms with van der Waals surface area (Å²) in [4.78, 5) is 5.62. The predicted molar refractivity (Wildman–Crippen MR) is 80.4 cm³/mol. The Bertz CT molecular complexity index is 626. The lowest BCUT2D eigenvalue weighted by atomic mass is 10.2. The first-order valence-corrected chi connectivity index (χ1v) is 8.02. The van der Waals surface area contributed by atoms with Gasteiger partial charge in [0.05, 0.1) is 0 Å². The van der Waals surface area contributed by atoms with Gasteiger partial charge in [0.2, 0.25) is 0 Å². The number of aryl methyl sites for hydroxylation is 2. The fourth-order valence-electron chi connectivity index (χ4n) is 1.85. The third-order valence-corrected chi connectivity index (χ3v) is 6.23. The van der Waals surface area contributed by atoms with Crippen molar-refractivity contribution in [2.45, 2.75) is 13.8 Å². The third-order valence-electron chi connectivity index (χ3n) is 2.75. The van der Waals surface area contributed by atoms with E-state index in [-0.39, 0.29) is 0 Å². The van der Waals surface area contributed by atoms with Crippen LogP contribution in [0.1, 0.15) is 11.1 Å². The summed E-state index contributed by atoms with van der Waals surface area (Å²) in [6, 6.07) is 8.82. The molecule has 0 atom stereocenters. The lowest BCUT2D eigenvalue weighted by molar-refractivity contribution is 1.51. The second-order valence-electron chi connectivity index (χ2n) is 4.03. The Morgan fingerprint density at radius 2 is 1.71 bits per heavy atom. The number of thiophene rings is 3. The van der Waals surface area contributed by atoms with Gasteiger partial charge in [0, 0.05) is 19.5 Å². The highest BCUT2D eigenvalue weighted by Gasteiger charge is 2.12.